The maximum atomic E-state index is 5.65. The van der Waals surface area contributed by atoms with Gasteiger partial charge in [-0.05, 0) is 19.1 Å². The van der Waals surface area contributed by atoms with E-state index in [0.29, 0.717) is 18.1 Å². The quantitative estimate of drug-likeness (QED) is 0.890. The normalized spacial score (nSPS) is 11.9. The Balaban J connectivity index is 0.00000128. The molecule has 0 aliphatic rings. The fraction of sp³-hybridized carbons (Fsp3) is 0.273. The van der Waals surface area contributed by atoms with E-state index in [1.165, 1.54) is 0 Å². The molecule has 0 saturated carbocycles. The molecule has 4 nitrogen and oxygen atoms in total. The van der Waals surface area contributed by atoms with Crippen molar-refractivity contribution in [1.29, 1.82) is 0 Å². The number of benzene rings is 1. The third-order valence-corrected chi connectivity index (χ3v) is 1.99. The molecular weight excluding hydrogens is 226 g/mol. The molecule has 0 spiro atoms. The average molecular weight is 240 g/mol. The van der Waals surface area contributed by atoms with Gasteiger partial charge in [0.15, 0.2) is 5.82 Å². The molecule has 0 bridgehead atoms. The molecule has 1 aromatic heterocycles. The summed E-state index contributed by atoms with van der Waals surface area (Å²) in [5.74, 6) is 1.20. The van der Waals surface area contributed by atoms with Gasteiger partial charge in [-0.2, -0.15) is 4.98 Å². The number of aromatic nitrogens is 2. The Morgan fingerprint density at radius 1 is 1.31 bits per heavy atom. The predicted molar refractivity (Wildman–Crippen MR) is 64.3 cm³/mol. The fourth-order valence-corrected chi connectivity index (χ4v) is 1.32. The van der Waals surface area contributed by atoms with Crippen LogP contribution in [-0.2, 0) is 6.42 Å². The molecule has 1 heterocycles. The second-order valence-electron chi connectivity index (χ2n) is 3.56. The molecule has 1 atom stereocenters. The number of hydrogen-bond acceptors (Lipinski definition) is 4. The molecule has 1 unspecified atom stereocenters. The van der Waals surface area contributed by atoms with Gasteiger partial charge in [0.05, 0.1) is 0 Å². The lowest BCUT2D eigenvalue weighted by atomic mass is 10.2. The zero-order chi connectivity index (χ0) is 10.7. The van der Waals surface area contributed by atoms with Gasteiger partial charge in [0.25, 0.3) is 5.89 Å². The van der Waals surface area contributed by atoms with Gasteiger partial charge >= 0.3 is 0 Å². The molecule has 2 rings (SSSR count). The molecule has 16 heavy (non-hydrogen) atoms. The van der Waals surface area contributed by atoms with Crippen molar-refractivity contribution in [3.63, 3.8) is 0 Å². The van der Waals surface area contributed by atoms with Crippen LogP contribution in [0, 0.1) is 0 Å². The van der Waals surface area contributed by atoms with Gasteiger partial charge in [-0.3, -0.25) is 0 Å². The van der Waals surface area contributed by atoms with Crippen molar-refractivity contribution in [3.8, 4) is 11.5 Å². The summed E-state index contributed by atoms with van der Waals surface area (Å²) in [7, 11) is 0. The van der Waals surface area contributed by atoms with Crippen LogP contribution in [-0.4, -0.2) is 16.2 Å². The van der Waals surface area contributed by atoms with E-state index < -0.39 is 0 Å². The fourth-order valence-electron chi connectivity index (χ4n) is 1.32. The maximum absolute atomic E-state index is 5.65. The first-order valence-electron chi connectivity index (χ1n) is 4.89. The monoisotopic (exact) mass is 239 g/mol. The van der Waals surface area contributed by atoms with Gasteiger partial charge in [0.2, 0.25) is 0 Å². The highest BCUT2D eigenvalue weighted by Gasteiger charge is 2.09. The largest absolute Gasteiger partial charge is 0.334 e. The third-order valence-electron chi connectivity index (χ3n) is 1.99. The summed E-state index contributed by atoms with van der Waals surface area (Å²) in [5, 5.41) is 3.87. The van der Waals surface area contributed by atoms with Crippen LogP contribution in [0.3, 0.4) is 0 Å². The van der Waals surface area contributed by atoms with Crippen molar-refractivity contribution in [2.45, 2.75) is 19.4 Å². The Kier molecular flexibility index (Phi) is 4.46. The van der Waals surface area contributed by atoms with E-state index in [1.807, 2.05) is 37.3 Å². The SMILES string of the molecule is CC(N)Cc1noc(-c2ccccc2)n1.Cl. The van der Waals surface area contributed by atoms with Crippen molar-refractivity contribution in [1.82, 2.24) is 10.1 Å². The van der Waals surface area contributed by atoms with E-state index in [-0.39, 0.29) is 18.4 Å². The Hall–Kier alpha value is -1.39. The van der Waals surface area contributed by atoms with Gasteiger partial charge in [-0.1, -0.05) is 23.4 Å². The van der Waals surface area contributed by atoms with Crippen LogP contribution in [0.4, 0.5) is 0 Å². The van der Waals surface area contributed by atoms with Crippen molar-refractivity contribution < 1.29 is 4.52 Å². The first kappa shape index (κ1) is 12.7. The van der Waals surface area contributed by atoms with E-state index in [0.717, 1.165) is 5.56 Å². The standard InChI is InChI=1S/C11H13N3O.ClH/c1-8(12)7-10-13-11(15-14-10)9-5-3-2-4-6-9;/h2-6,8H,7,12H2,1H3;1H. The number of hydrogen-bond donors (Lipinski definition) is 1. The average Bonchev–Trinajstić information content (AvgIpc) is 2.67. The van der Waals surface area contributed by atoms with Gasteiger partial charge < -0.3 is 10.3 Å². The van der Waals surface area contributed by atoms with Crippen LogP contribution in [0.15, 0.2) is 34.9 Å². The van der Waals surface area contributed by atoms with E-state index in [1.54, 1.807) is 0 Å². The summed E-state index contributed by atoms with van der Waals surface area (Å²) in [6.45, 7) is 1.92. The highest BCUT2D eigenvalue weighted by molar-refractivity contribution is 5.85. The lowest BCUT2D eigenvalue weighted by Gasteiger charge is -1.96. The molecule has 0 aliphatic heterocycles. The molecule has 0 radical (unpaired) electrons. The molecule has 2 aromatic rings. The van der Waals surface area contributed by atoms with Crippen LogP contribution in [0.5, 0.6) is 0 Å². The molecule has 5 heteroatoms. The zero-order valence-electron chi connectivity index (χ0n) is 8.96. The van der Waals surface area contributed by atoms with Crippen molar-refractivity contribution >= 4 is 12.4 Å². The summed E-state index contributed by atoms with van der Waals surface area (Å²) in [5.41, 5.74) is 6.58. The molecule has 0 aliphatic carbocycles. The highest BCUT2D eigenvalue weighted by atomic mass is 35.5. The lowest BCUT2D eigenvalue weighted by molar-refractivity contribution is 0.420. The van der Waals surface area contributed by atoms with Gasteiger partial charge in [0.1, 0.15) is 0 Å². The van der Waals surface area contributed by atoms with Crippen LogP contribution >= 0.6 is 12.4 Å². The second kappa shape index (κ2) is 5.63. The van der Waals surface area contributed by atoms with Gasteiger partial charge in [-0.15, -0.1) is 12.4 Å². The molecule has 86 valence electrons. The minimum absolute atomic E-state index is 0. The number of halogens is 1. The molecule has 1 aromatic carbocycles. The number of nitrogens with two attached hydrogens (primary N) is 1. The first-order valence-corrected chi connectivity index (χ1v) is 4.89. The van der Waals surface area contributed by atoms with Crippen LogP contribution in [0.2, 0.25) is 0 Å². The minimum atomic E-state index is 0. The third kappa shape index (κ3) is 3.05. The zero-order valence-corrected chi connectivity index (χ0v) is 9.78. The van der Waals surface area contributed by atoms with Crippen LogP contribution in [0.25, 0.3) is 11.5 Å². The molecule has 0 amide bonds. The van der Waals surface area contributed by atoms with Gasteiger partial charge in [0, 0.05) is 18.0 Å². The molecule has 0 fully saturated rings. The predicted octanol–water partition coefficient (Wildman–Crippen LogP) is 2.05. The van der Waals surface area contributed by atoms with E-state index >= 15 is 0 Å². The molecule has 2 N–H and O–H groups in total. The summed E-state index contributed by atoms with van der Waals surface area (Å²) in [4.78, 5) is 4.26. The Morgan fingerprint density at radius 2 is 2.00 bits per heavy atom. The van der Waals surface area contributed by atoms with Crippen LogP contribution < -0.4 is 5.73 Å². The smallest absolute Gasteiger partial charge is 0.257 e. The van der Waals surface area contributed by atoms with E-state index in [4.69, 9.17) is 10.3 Å². The summed E-state index contributed by atoms with van der Waals surface area (Å²) in [6, 6.07) is 9.73. The molecule has 0 saturated heterocycles. The number of nitrogens with zero attached hydrogens (tertiary/aromatic N) is 2. The minimum Gasteiger partial charge on any atom is -0.334 e. The Labute approximate surface area is 100 Å². The summed E-state index contributed by atoms with van der Waals surface area (Å²) >= 11 is 0. The number of rotatable bonds is 3. The Morgan fingerprint density at radius 3 is 2.62 bits per heavy atom. The van der Waals surface area contributed by atoms with E-state index in [9.17, 15) is 0 Å². The van der Waals surface area contributed by atoms with Crippen molar-refractivity contribution in [3.05, 3.63) is 36.2 Å². The maximum Gasteiger partial charge on any atom is 0.257 e. The van der Waals surface area contributed by atoms with Crippen molar-refractivity contribution in [2.24, 2.45) is 5.73 Å². The van der Waals surface area contributed by atoms with Crippen LogP contribution in [0.1, 0.15) is 12.7 Å². The highest BCUT2D eigenvalue weighted by Crippen LogP contribution is 2.16. The van der Waals surface area contributed by atoms with Gasteiger partial charge in [-0.25, -0.2) is 0 Å². The topological polar surface area (TPSA) is 64.9 Å². The second-order valence-corrected chi connectivity index (χ2v) is 3.56. The first-order chi connectivity index (χ1) is 7.25. The Bertz CT molecular complexity index is 428. The summed E-state index contributed by atoms with van der Waals surface area (Å²) < 4.78 is 5.13. The summed E-state index contributed by atoms with van der Waals surface area (Å²) in [6.07, 6.45) is 0.635. The van der Waals surface area contributed by atoms with Crippen molar-refractivity contribution in [2.75, 3.05) is 0 Å². The lowest BCUT2D eigenvalue weighted by Crippen LogP contribution is -2.18. The van der Waals surface area contributed by atoms with E-state index in [2.05, 4.69) is 10.1 Å². The molecular formula is C11H14ClN3O.